The van der Waals surface area contributed by atoms with E-state index in [4.69, 9.17) is 10.5 Å². The zero-order valence-corrected chi connectivity index (χ0v) is 11.6. The molecule has 2 atom stereocenters. The van der Waals surface area contributed by atoms with Gasteiger partial charge < -0.3 is 15.8 Å². The fraction of sp³-hybridized carbons (Fsp3) is 0.400. The van der Waals surface area contributed by atoms with Crippen molar-refractivity contribution in [2.45, 2.75) is 31.8 Å². The molecule has 1 rings (SSSR count). The Balaban J connectivity index is 2.71. The number of methoxy groups -OCH3 is 1. The zero-order valence-electron chi connectivity index (χ0n) is 11.6. The first-order valence-electron chi connectivity index (χ1n) is 6.43. The highest BCUT2D eigenvalue weighted by Crippen LogP contribution is 2.20. The van der Waals surface area contributed by atoms with Crippen LogP contribution in [-0.4, -0.2) is 19.1 Å². The number of ether oxygens (including phenoxy) is 1. The molecule has 19 heavy (non-hydrogen) atoms. The lowest BCUT2D eigenvalue weighted by Gasteiger charge is -2.20. The lowest BCUT2D eigenvalue weighted by Crippen LogP contribution is -2.41. The molecule has 0 spiro atoms. The molecular weight excluding hydrogens is 240 g/mol. The predicted octanol–water partition coefficient (Wildman–Crippen LogP) is 2.17. The van der Waals surface area contributed by atoms with Crippen molar-refractivity contribution in [2.24, 2.45) is 5.73 Å². The Morgan fingerprint density at radius 3 is 2.58 bits per heavy atom. The lowest BCUT2D eigenvalue weighted by atomic mass is 10.0. The number of benzene rings is 1. The highest BCUT2D eigenvalue weighted by Gasteiger charge is 2.17. The van der Waals surface area contributed by atoms with E-state index in [1.807, 2.05) is 31.2 Å². The first-order chi connectivity index (χ1) is 9.12. The Bertz CT molecular complexity index is 415. The van der Waals surface area contributed by atoms with Gasteiger partial charge in [-0.3, -0.25) is 4.79 Å². The summed E-state index contributed by atoms with van der Waals surface area (Å²) in [6, 6.07) is 7.10. The standard InChI is InChI=1S/C15H22N2O2/c1-4-6-13(16)15(18)17-14(5-2)11-7-9-12(19-3)10-8-11/h4,7-10,13-14H,1,5-6,16H2,2-3H3,(H,17,18). The van der Waals surface area contributed by atoms with Crippen molar-refractivity contribution < 1.29 is 9.53 Å². The Morgan fingerprint density at radius 1 is 1.47 bits per heavy atom. The molecule has 0 fully saturated rings. The molecule has 1 aromatic carbocycles. The molecule has 0 saturated carbocycles. The largest absolute Gasteiger partial charge is 0.497 e. The van der Waals surface area contributed by atoms with Gasteiger partial charge in [-0.25, -0.2) is 0 Å². The zero-order chi connectivity index (χ0) is 14.3. The minimum Gasteiger partial charge on any atom is -0.497 e. The monoisotopic (exact) mass is 262 g/mol. The first kappa shape index (κ1) is 15.2. The highest BCUT2D eigenvalue weighted by atomic mass is 16.5. The van der Waals surface area contributed by atoms with E-state index in [1.54, 1.807) is 13.2 Å². The molecule has 4 heteroatoms. The van der Waals surface area contributed by atoms with E-state index in [-0.39, 0.29) is 11.9 Å². The van der Waals surface area contributed by atoms with E-state index >= 15 is 0 Å². The third-order valence-electron chi connectivity index (χ3n) is 3.00. The summed E-state index contributed by atoms with van der Waals surface area (Å²) in [5.41, 5.74) is 6.80. The second-order valence-electron chi connectivity index (χ2n) is 4.37. The first-order valence-corrected chi connectivity index (χ1v) is 6.43. The van der Waals surface area contributed by atoms with Crippen molar-refractivity contribution in [2.75, 3.05) is 7.11 Å². The van der Waals surface area contributed by atoms with Crippen LogP contribution in [0.4, 0.5) is 0 Å². The van der Waals surface area contributed by atoms with Crippen LogP contribution in [0.5, 0.6) is 5.75 Å². The smallest absolute Gasteiger partial charge is 0.237 e. The van der Waals surface area contributed by atoms with E-state index in [2.05, 4.69) is 11.9 Å². The molecule has 4 nitrogen and oxygen atoms in total. The van der Waals surface area contributed by atoms with Gasteiger partial charge in [0.25, 0.3) is 0 Å². The number of rotatable bonds is 7. The Morgan fingerprint density at radius 2 is 2.11 bits per heavy atom. The summed E-state index contributed by atoms with van der Waals surface area (Å²) in [5.74, 6) is 0.649. The van der Waals surface area contributed by atoms with Gasteiger partial charge in [-0.2, -0.15) is 0 Å². The number of amides is 1. The maximum Gasteiger partial charge on any atom is 0.237 e. The summed E-state index contributed by atoms with van der Waals surface area (Å²) >= 11 is 0. The third-order valence-corrected chi connectivity index (χ3v) is 3.00. The molecular formula is C15H22N2O2. The topological polar surface area (TPSA) is 64.4 Å². The molecule has 0 aliphatic heterocycles. The van der Waals surface area contributed by atoms with Crippen LogP contribution < -0.4 is 15.8 Å². The van der Waals surface area contributed by atoms with Crippen molar-refractivity contribution in [3.8, 4) is 5.75 Å². The number of hydrogen-bond donors (Lipinski definition) is 2. The quantitative estimate of drug-likeness (QED) is 0.740. The van der Waals surface area contributed by atoms with Gasteiger partial charge in [0.15, 0.2) is 0 Å². The molecule has 0 aliphatic carbocycles. The lowest BCUT2D eigenvalue weighted by molar-refractivity contribution is -0.123. The fourth-order valence-corrected chi connectivity index (χ4v) is 1.82. The van der Waals surface area contributed by atoms with Gasteiger partial charge in [0.05, 0.1) is 19.2 Å². The molecule has 104 valence electrons. The minimum absolute atomic E-state index is 0.0331. The maximum atomic E-state index is 11.9. The van der Waals surface area contributed by atoms with Crippen molar-refractivity contribution in [3.63, 3.8) is 0 Å². The Kier molecular flexibility index (Phi) is 6.09. The highest BCUT2D eigenvalue weighted by molar-refractivity contribution is 5.82. The van der Waals surface area contributed by atoms with Gasteiger partial charge in [-0.05, 0) is 30.5 Å². The van der Waals surface area contributed by atoms with Crippen molar-refractivity contribution >= 4 is 5.91 Å². The van der Waals surface area contributed by atoms with Crippen LogP contribution in [0.2, 0.25) is 0 Å². The summed E-state index contributed by atoms with van der Waals surface area (Å²) in [7, 11) is 1.63. The summed E-state index contributed by atoms with van der Waals surface area (Å²) in [4.78, 5) is 11.9. The van der Waals surface area contributed by atoms with E-state index in [9.17, 15) is 4.79 Å². The molecule has 0 aliphatic rings. The van der Waals surface area contributed by atoms with Crippen LogP contribution in [0, 0.1) is 0 Å². The second-order valence-corrected chi connectivity index (χ2v) is 4.37. The molecule has 2 unspecified atom stereocenters. The number of nitrogens with one attached hydrogen (secondary N) is 1. The van der Waals surface area contributed by atoms with Gasteiger partial charge in [-0.1, -0.05) is 25.1 Å². The molecule has 0 heterocycles. The number of nitrogens with two attached hydrogens (primary N) is 1. The second kappa shape index (κ2) is 7.59. The Labute approximate surface area is 114 Å². The predicted molar refractivity (Wildman–Crippen MR) is 77.0 cm³/mol. The summed E-state index contributed by atoms with van der Waals surface area (Å²) in [6.45, 7) is 5.61. The summed E-state index contributed by atoms with van der Waals surface area (Å²) in [5, 5.41) is 2.95. The van der Waals surface area contributed by atoms with E-state index in [0.717, 1.165) is 17.7 Å². The maximum absolute atomic E-state index is 11.9. The van der Waals surface area contributed by atoms with Crippen LogP contribution in [0.25, 0.3) is 0 Å². The van der Waals surface area contributed by atoms with Crippen LogP contribution >= 0.6 is 0 Å². The third kappa shape index (κ3) is 4.41. The average molecular weight is 262 g/mol. The molecule has 0 saturated heterocycles. The van der Waals surface area contributed by atoms with Crippen LogP contribution in [0.1, 0.15) is 31.4 Å². The van der Waals surface area contributed by atoms with Gasteiger partial charge in [0.2, 0.25) is 5.91 Å². The van der Waals surface area contributed by atoms with E-state index < -0.39 is 6.04 Å². The van der Waals surface area contributed by atoms with Gasteiger partial charge in [0.1, 0.15) is 5.75 Å². The molecule has 0 aromatic heterocycles. The van der Waals surface area contributed by atoms with Gasteiger partial charge in [-0.15, -0.1) is 6.58 Å². The summed E-state index contributed by atoms with van der Waals surface area (Å²) < 4.78 is 5.12. The minimum atomic E-state index is -0.537. The fourth-order valence-electron chi connectivity index (χ4n) is 1.82. The summed E-state index contributed by atoms with van der Waals surface area (Å²) in [6.07, 6.45) is 2.93. The van der Waals surface area contributed by atoms with Crippen molar-refractivity contribution in [1.29, 1.82) is 0 Å². The molecule has 3 N–H and O–H groups in total. The number of hydrogen-bond acceptors (Lipinski definition) is 3. The van der Waals surface area contributed by atoms with Crippen molar-refractivity contribution in [3.05, 3.63) is 42.5 Å². The van der Waals surface area contributed by atoms with Gasteiger partial charge >= 0.3 is 0 Å². The number of carbonyl (C=O) groups excluding carboxylic acids is 1. The SMILES string of the molecule is C=CCC(N)C(=O)NC(CC)c1ccc(OC)cc1. The number of carbonyl (C=O) groups is 1. The average Bonchev–Trinajstić information content (AvgIpc) is 2.45. The molecule has 0 bridgehead atoms. The normalized spacial score (nSPS) is 13.4. The molecule has 1 amide bonds. The van der Waals surface area contributed by atoms with Crippen LogP contribution in [-0.2, 0) is 4.79 Å². The van der Waals surface area contributed by atoms with E-state index in [0.29, 0.717) is 6.42 Å². The van der Waals surface area contributed by atoms with Crippen LogP contribution in [0.15, 0.2) is 36.9 Å². The molecule has 1 aromatic rings. The van der Waals surface area contributed by atoms with Crippen LogP contribution in [0.3, 0.4) is 0 Å². The molecule has 0 radical (unpaired) electrons. The van der Waals surface area contributed by atoms with Gasteiger partial charge in [0, 0.05) is 0 Å². The van der Waals surface area contributed by atoms with Crippen molar-refractivity contribution in [1.82, 2.24) is 5.32 Å². The van der Waals surface area contributed by atoms with E-state index in [1.165, 1.54) is 0 Å². The Hall–Kier alpha value is -1.81.